The zero-order valence-electron chi connectivity index (χ0n) is 7.59. The fourth-order valence-corrected chi connectivity index (χ4v) is 1.83. The van der Waals surface area contributed by atoms with Crippen LogP contribution in [0.4, 0.5) is 0 Å². The summed E-state index contributed by atoms with van der Waals surface area (Å²) in [5.74, 6) is 0.147. The van der Waals surface area contributed by atoms with Gasteiger partial charge in [0.25, 0.3) is 0 Å². The fourth-order valence-electron chi connectivity index (χ4n) is 1.23. The summed E-state index contributed by atoms with van der Waals surface area (Å²) in [5, 5.41) is 1.96. The first-order valence-corrected chi connectivity index (χ1v) is 5.30. The monoisotopic (exact) mass is 204 g/mol. The zero-order valence-corrected chi connectivity index (χ0v) is 8.41. The van der Waals surface area contributed by atoms with Crippen molar-refractivity contribution in [2.24, 2.45) is 0 Å². The highest BCUT2D eigenvalue weighted by Crippen LogP contribution is 2.00. The van der Waals surface area contributed by atoms with Crippen LogP contribution in [-0.4, -0.2) is 5.78 Å². The van der Waals surface area contributed by atoms with Gasteiger partial charge in [-0.15, -0.1) is 0 Å². The maximum atomic E-state index is 11.7. The van der Waals surface area contributed by atoms with Crippen LogP contribution >= 0.6 is 11.3 Å². The number of ketones is 1. The van der Waals surface area contributed by atoms with Crippen LogP contribution in [0, 0.1) is 0 Å². The highest BCUT2D eigenvalue weighted by Gasteiger charge is 2.10. The molecule has 0 spiro atoms. The van der Waals surface area contributed by atoms with E-state index in [2.05, 4.69) is 0 Å². The quantitative estimate of drug-likeness (QED) is 0.552. The molecule has 1 aromatic heterocycles. The van der Waals surface area contributed by atoms with Crippen molar-refractivity contribution in [3.05, 3.63) is 53.0 Å². The van der Waals surface area contributed by atoms with E-state index in [1.54, 1.807) is 11.3 Å². The van der Waals surface area contributed by atoms with Crippen LogP contribution in [0.15, 0.2) is 47.4 Å². The van der Waals surface area contributed by atoms with Gasteiger partial charge in [0.2, 0.25) is 17.8 Å². The van der Waals surface area contributed by atoms with Gasteiger partial charge >= 0.3 is 0 Å². The minimum Gasteiger partial charge on any atom is -0.287 e. The zero-order chi connectivity index (χ0) is 9.80. The average molecular weight is 204 g/mol. The molecule has 0 saturated heterocycles. The van der Waals surface area contributed by atoms with Crippen molar-refractivity contribution in [1.82, 2.24) is 0 Å². The molecule has 0 atom stereocenters. The number of thiazole rings is 1. The van der Waals surface area contributed by atoms with Gasteiger partial charge in [-0.05, 0) is 0 Å². The molecule has 0 fully saturated rings. The lowest BCUT2D eigenvalue weighted by Gasteiger charge is -1.94. The second-order valence-corrected chi connectivity index (χ2v) is 3.74. The predicted molar refractivity (Wildman–Crippen MR) is 55.3 cm³/mol. The summed E-state index contributed by atoms with van der Waals surface area (Å²) in [6.45, 7) is 0.424. The number of Topliss-reactive ketones (excluding diaryl/α,β-unsaturated/α-hetero) is 1. The Morgan fingerprint density at radius 2 is 2.07 bits per heavy atom. The molecule has 0 amide bonds. The average Bonchev–Trinajstić information content (AvgIpc) is 2.72. The number of benzene rings is 1. The van der Waals surface area contributed by atoms with E-state index in [9.17, 15) is 4.79 Å². The van der Waals surface area contributed by atoms with E-state index in [1.807, 2.05) is 52.0 Å². The molecule has 70 valence electrons. The molecular formula is C11H10NOS+. The van der Waals surface area contributed by atoms with E-state index in [0.717, 1.165) is 5.56 Å². The minimum absolute atomic E-state index is 0.147. The molecule has 1 heterocycles. The molecule has 2 aromatic rings. The van der Waals surface area contributed by atoms with Crippen LogP contribution in [0.5, 0.6) is 0 Å². The number of carbonyl (C=O) groups excluding carboxylic acids is 1. The molecule has 0 saturated carbocycles. The van der Waals surface area contributed by atoms with Crippen molar-refractivity contribution in [1.29, 1.82) is 0 Å². The standard InChI is InChI=1S/C11H10NOS/c13-11(8-12-6-7-14-9-12)10-4-2-1-3-5-10/h1-7,9H,8H2/q+1. The largest absolute Gasteiger partial charge is 0.287 e. The summed E-state index contributed by atoms with van der Waals surface area (Å²) in [7, 11) is 0. The Kier molecular flexibility index (Phi) is 2.70. The van der Waals surface area contributed by atoms with Crippen molar-refractivity contribution in [3.8, 4) is 0 Å². The second kappa shape index (κ2) is 4.15. The molecule has 0 bridgehead atoms. The Labute approximate surface area is 86.4 Å². The first kappa shape index (κ1) is 9.09. The highest BCUT2D eigenvalue weighted by molar-refractivity contribution is 7.07. The second-order valence-electron chi connectivity index (χ2n) is 2.99. The van der Waals surface area contributed by atoms with Gasteiger partial charge in [-0.2, -0.15) is 4.57 Å². The lowest BCUT2D eigenvalue weighted by atomic mass is 10.1. The number of carbonyl (C=O) groups is 1. The lowest BCUT2D eigenvalue weighted by Crippen LogP contribution is -2.34. The van der Waals surface area contributed by atoms with Crippen molar-refractivity contribution in [2.75, 3.05) is 0 Å². The Balaban J connectivity index is 2.11. The van der Waals surface area contributed by atoms with Gasteiger partial charge in [0.15, 0.2) is 6.20 Å². The summed E-state index contributed by atoms with van der Waals surface area (Å²) in [6, 6.07) is 9.36. The molecule has 3 heteroatoms. The molecule has 0 aliphatic carbocycles. The number of hydrogen-bond donors (Lipinski definition) is 0. The minimum atomic E-state index is 0.147. The highest BCUT2D eigenvalue weighted by atomic mass is 32.1. The molecule has 0 radical (unpaired) electrons. The van der Waals surface area contributed by atoms with Gasteiger partial charge in [0.05, 0.1) is 5.38 Å². The van der Waals surface area contributed by atoms with Gasteiger partial charge in [-0.1, -0.05) is 41.7 Å². The van der Waals surface area contributed by atoms with Crippen LogP contribution in [0.3, 0.4) is 0 Å². The first-order valence-electron chi connectivity index (χ1n) is 4.36. The van der Waals surface area contributed by atoms with Crippen LogP contribution in [-0.2, 0) is 6.54 Å². The maximum Gasteiger partial charge on any atom is 0.227 e. The number of nitrogens with zero attached hydrogens (tertiary/aromatic N) is 1. The predicted octanol–water partition coefficient (Wildman–Crippen LogP) is 1.92. The smallest absolute Gasteiger partial charge is 0.227 e. The van der Waals surface area contributed by atoms with Gasteiger partial charge in [-0.25, -0.2) is 0 Å². The van der Waals surface area contributed by atoms with Gasteiger partial charge in [-0.3, -0.25) is 4.79 Å². The molecule has 1 aromatic carbocycles. The molecule has 0 aliphatic rings. The molecule has 0 aliphatic heterocycles. The van der Waals surface area contributed by atoms with E-state index in [-0.39, 0.29) is 5.78 Å². The van der Waals surface area contributed by atoms with E-state index in [1.165, 1.54) is 0 Å². The SMILES string of the molecule is O=C(C[n+]1ccsc1)c1ccccc1. The molecule has 2 nitrogen and oxygen atoms in total. The maximum absolute atomic E-state index is 11.7. The van der Waals surface area contributed by atoms with Gasteiger partial charge < -0.3 is 0 Å². The Hall–Kier alpha value is -1.48. The molecular weight excluding hydrogens is 194 g/mol. The van der Waals surface area contributed by atoms with E-state index < -0.39 is 0 Å². The van der Waals surface area contributed by atoms with Crippen molar-refractivity contribution < 1.29 is 9.36 Å². The molecule has 0 N–H and O–H groups in total. The van der Waals surface area contributed by atoms with E-state index >= 15 is 0 Å². The third-order valence-electron chi connectivity index (χ3n) is 1.95. The van der Waals surface area contributed by atoms with Gasteiger partial charge in [0, 0.05) is 5.56 Å². The summed E-state index contributed by atoms with van der Waals surface area (Å²) in [4.78, 5) is 11.7. The molecule has 0 unspecified atom stereocenters. The molecule has 14 heavy (non-hydrogen) atoms. The number of hydrogen-bond acceptors (Lipinski definition) is 2. The van der Waals surface area contributed by atoms with Crippen molar-refractivity contribution in [2.45, 2.75) is 6.54 Å². The normalized spacial score (nSPS) is 10.0. The Morgan fingerprint density at radius 3 is 2.71 bits per heavy atom. The van der Waals surface area contributed by atoms with Crippen LogP contribution in [0.25, 0.3) is 0 Å². The van der Waals surface area contributed by atoms with Crippen LogP contribution < -0.4 is 4.57 Å². The molecule has 2 rings (SSSR count). The van der Waals surface area contributed by atoms with Gasteiger partial charge in [0.1, 0.15) is 0 Å². The van der Waals surface area contributed by atoms with E-state index in [0.29, 0.717) is 6.54 Å². The summed E-state index contributed by atoms with van der Waals surface area (Å²) in [6.07, 6.45) is 1.91. The fraction of sp³-hybridized carbons (Fsp3) is 0.0909. The summed E-state index contributed by atoms with van der Waals surface area (Å²) < 4.78 is 1.89. The van der Waals surface area contributed by atoms with Crippen molar-refractivity contribution >= 4 is 17.1 Å². The van der Waals surface area contributed by atoms with Crippen molar-refractivity contribution in [3.63, 3.8) is 0 Å². The summed E-state index contributed by atoms with van der Waals surface area (Å²) >= 11 is 1.59. The number of rotatable bonds is 3. The van der Waals surface area contributed by atoms with Crippen LogP contribution in [0.1, 0.15) is 10.4 Å². The summed E-state index contributed by atoms with van der Waals surface area (Å²) in [5.41, 5.74) is 2.70. The Bertz CT molecular complexity index is 408. The van der Waals surface area contributed by atoms with E-state index in [4.69, 9.17) is 0 Å². The van der Waals surface area contributed by atoms with Crippen LogP contribution in [0.2, 0.25) is 0 Å². The topological polar surface area (TPSA) is 20.9 Å². The number of aromatic nitrogens is 1. The third kappa shape index (κ3) is 2.06. The Morgan fingerprint density at radius 1 is 1.29 bits per heavy atom. The lowest BCUT2D eigenvalue weighted by molar-refractivity contribution is -0.678. The third-order valence-corrected chi connectivity index (χ3v) is 2.62. The first-order chi connectivity index (χ1) is 6.86.